The van der Waals surface area contributed by atoms with Gasteiger partial charge in [0.2, 0.25) is 0 Å². The van der Waals surface area contributed by atoms with Crippen molar-refractivity contribution < 1.29 is 9.53 Å². The summed E-state index contributed by atoms with van der Waals surface area (Å²) in [6, 6.07) is 19.6. The molecule has 0 spiro atoms. The topological polar surface area (TPSA) is 63.2 Å². The fourth-order valence-electron chi connectivity index (χ4n) is 3.34. The number of rotatable bonds is 6. The number of aromatic nitrogens is 1. The Morgan fingerprint density at radius 3 is 2.48 bits per heavy atom. The Bertz CT molecular complexity index is 1260. The number of thiocarbonyl (C=S) groups is 1. The highest BCUT2D eigenvalue weighted by molar-refractivity contribution is 7.80. The first-order valence-corrected chi connectivity index (χ1v) is 11.9. The van der Waals surface area contributed by atoms with Crippen LogP contribution in [-0.4, -0.2) is 22.6 Å². The van der Waals surface area contributed by atoms with Crippen molar-refractivity contribution in [3.8, 4) is 5.75 Å². The van der Waals surface area contributed by atoms with E-state index in [0.717, 1.165) is 39.3 Å². The summed E-state index contributed by atoms with van der Waals surface area (Å²) in [7, 11) is 0. The number of thiazole rings is 1. The standard InChI is InChI=1S/C25H22ClN3O2S2/c1-15-11-19(12-16(2)24(15)26)31-14-22(30)29-25(32)27-18-9-7-17(8-10-18)13-23-28-20-5-3-4-6-21(20)33-23/h3-12H,13-14H2,1-2H3,(H2,27,29,30,32). The first kappa shape index (κ1) is 23.2. The minimum Gasteiger partial charge on any atom is -0.484 e. The number of aryl methyl sites for hydroxylation is 2. The molecule has 4 aromatic rings. The van der Waals surface area contributed by atoms with Crippen LogP contribution in [0.1, 0.15) is 21.7 Å². The van der Waals surface area contributed by atoms with E-state index in [2.05, 4.69) is 21.7 Å². The molecule has 0 fully saturated rings. The van der Waals surface area contributed by atoms with Crippen LogP contribution in [0.15, 0.2) is 60.7 Å². The summed E-state index contributed by atoms with van der Waals surface area (Å²) in [4.78, 5) is 16.9. The minimum absolute atomic E-state index is 0.149. The Balaban J connectivity index is 1.27. The second-order valence-corrected chi connectivity index (χ2v) is 9.51. The molecule has 4 rings (SSSR count). The summed E-state index contributed by atoms with van der Waals surface area (Å²) >= 11 is 13.1. The van der Waals surface area contributed by atoms with Crippen molar-refractivity contribution >= 4 is 62.1 Å². The number of nitrogens with zero attached hydrogens (tertiary/aromatic N) is 1. The van der Waals surface area contributed by atoms with Crippen molar-refractivity contribution in [1.82, 2.24) is 10.3 Å². The fraction of sp³-hybridized carbons (Fsp3) is 0.160. The van der Waals surface area contributed by atoms with E-state index in [-0.39, 0.29) is 17.6 Å². The van der Waals surface area contributed by atoms with Crippen molar-refractivity contribution in [2.24, 2.45) is 0 Å². The SMILES string of the molecule is Cc1cc(OCC(=O)NC(=S)Nc2ccc(Cc3nc4ccccc4s3)cc2)cc(C)c1Cl. The smallest absolute Gasteiger partial charge is 0.264 e. The van der Waals surface area contributed by atoms with Crippen molar-refractivity contribution in [2.75, 3.05) is 11.9 Å². The highest BCUT2D eigenvalue weighted by Gasteiger charge is 2.09. The molecule has 5 nitrogen and oxygen atoms in total. The monoisotopic (exact) mass is 495 g/mol. The number of amides is 1. The van der Waals surface area contributed by atoms with Crippen molar-refractivity contribution in [1.29, 1.82) is 0 Å². The molecule has 8 heteroatoms. The number of benzene rings is 3. The van der Waals surface area contributed by atoms with E-state index in [4.69, 9.17) is 28.6 Å². The van der Waals surface area contributed by atoms with E-state index in [9.17, 15) is 4.79 Å². The third-order valence-electron chi connectivity index (χ3n) is 4.94. The molecule has 1 aromatic heterocycles. The molecule has 0 saturated carbocycles. The third kappa shape index (κ3) is 6.07. The summed E-state index contributed by atoms with van der Waals surface area (Å²) in [6.07, 6.45) is 0.766. The number of halogens is 1. The molecule has 0 atom stereocenters. The molecular weight excluding hydrogens is 474 g/mol. The van der Waals surface area contributed by atoms with Crippen LogP contribution >= 0.6 is 35.2 Å². The number of ether oxygens (including phenoxy) is 1. The van der Waals surface area contributed by atoms with Crippen molar-refractivity contribution in [3.63, 3.8) is 0 Å². The average Bonchev–Trinajstić information content (AvgIpc) is 3.19. The second-order valence-electron chi connectivity index (χ2n) is 7.61. The number of nitrogens with one attached hydrogen (secondary N) is 2. The Hall–Kier alpha value is -3.00. The van der Waals surface area contributed by atoms with E-state index in [0.29, 0.717) is 10.8 Å². The molecule has 0 aliphatic rings. The number of anilines is 1. The van der Waals surface area contributed by atoms with Gasteiger partial charge in [0.1, 0.15) is 5.75 Å². The van der Waals surface area contributed by atoms with Crippen LogP contribution in [0.2, 0.25) is 5.02 Å². The molecule has 0 unspecified atom stereocenters. The number of fused-ring (bicyclic) bond motifs is 1. The van der Waals surface area contributed by atoms with Gasteiger partial charge >= 0.3 is 0 Å². The number of hydrogen-bond donors (Lipinski definition) is 2. The van der Waals surface area contributed by atoms with E-state index in [1.165, 1.54) is 4.70 Å². The summed E-state index contributed by atoms with van der Waals surface area (Å²) in [6.45, 7) is 3.64. The van der Waals surface area contributed by atoms with E-state index >= 15 is 0 Å². The number of hydrogen-bond acceptors (Lipinski definition) is 5. The van der Waals surface area contributed by atoms with Gasteiger partial charge < -0.3 is 10.1 Å². The molecule has 168 valence electrons. The van der Waals surface area contributed by atoms with Crippen LogP contribution in [-0.2, 0) is 11.2 Å². The second kappa shape index (κ2) is 10.3. The Kier molecular flexibility index (Phi) is 7.23. The summed E-state index contributed by atoms with van der Waals surface area (Å²) in [5, 5.41) is 7.64. The first-order valence-electron chi connectivity index (χ1n) is 10.3. The quantitative estimate of drug-likeness (QED) is 0.319. The van der Waals surface area contributed by atoms with Crippen LogP contribution in [0.4, 0.5) is 5.69 Å². The molecule has 1 amide bonds. The molecule has 0 saturated heterocycles. The molecule has 0 radical (unpaired) electrons. The highest BCUT2D eigenvalue weighted by Crippen LogP contribution is 2.26. The minimum atomic E-state index is -0.342. The molecule has 3 aromatic carbocycles. The first-order chi connectivity index (χ1) is 15.9. The summed E-state index contributed by atoms with van der Waals surface area (Å²) < 4.78 is 6.76. The van der Waals surface area contributed by atoms with Gasteiger partial charge in [-0.3, -0.25) is 10.1 Å². The largest absolute Gasteiger partial charge is 0.484 e. The van der Waals surface area contributed by atoms with Crippen LogP contribution in [0.5, 0.6) is 5.75 Å². The molecule has 1 heterocycles. The zero-order chi connectivity index (χ0) is 23.4. The molecule has 2 N–H and O–H groups in total. The molecule has 0 aliphatic carbocycles. The van der Waals surface area contributed by atoms with Crippen LogP contribution in [0.3, 0.4) is 0 Å². The maximum atomic E-state index is 12.2. The average molecular weight is 496 g/mol. The number of carbonyl (C=O) groups is 1. The van der Waals surface area contributed by atoms with Gasteiger partial charge in [-0.15, -0.1) is 11.3 Å². The normalized spacial score (nSPS) is 10.8. The lowest BCUT2D eigenvalue weighted by molar-refractivity contribution is -0.121. The Morgan fingerprint density at radius 2 is 1.79 bits per heavy atom. The lowest BCUT2D eigenvalue weighted by Gasteiger charge is -2.12. The number of carbonyl (C=O) groups excluding carboxylic acids is 1. The van der Waals surface area contributed by atoms with Gasteiger partial charge in [0.15, 0.2) is 11.7 Å². The summed E-state index contributed by atoms with van der Waals surface area (Å²) in [5.74, 6) is 0.248. The van der Waals surface area contributed by atoms with E-state index < -0.39 is 0 Å². The third-order valence-corrected chi connectivity index (χ3v) is 6.77. The maximum Gasteiger partial charge on any atom is 0.264 e. The van der Waals surface area contributed by atoms with Gasteiger partial charge in [0, 0.05) is 17.1 Å². The van der Waals surface area contributed by atoms with Crippen molar-refractivity contribution in [3.05, 3.63) is 87.4 Å². The lowest BCUT2D eigenvalue weighted by atomic mass is 10.1. The molecule has 33 heavy (non-hydrogen) atoms. The predicted octanol–water partition coefficient (Wildman–Crippen LogP) is 6.05. The highest BCUT2D eigenvalue weighted by atomic mass is 35.5. The molecule has 0 bridgehead atoms. The number of para-hydroxylation sites is 1. The van der Waals surface area contributed by atoms with Crippen LogP contribution in [0.25, 0.3) is 10.2 Å². The molecule has 0 aliphatic heterocycles. The van der Waals surface area contributed by atoms with Crippen molar-refractivity contribution in [2.45, 2.75) is 20.3 Å². The Morgan fingerprint density at radius 1 is 1.09 bits per heavy atom. The maximum absolute atomic E-state index is 12.2. The lowest BCUT2D eigenvalue weighted by Crippen LogP contribution is -2.37. The summed E-state index contributed by atoms with van der Waals surface area (Å²) in [5.41, 5.74) is 4.77. The van der Waals surface area contributed by atoms with Gasteiger partial charge in [0.05, 0.1) is 15.2 Å². The fourth-order valence-corrected chi connectivity index (χ4v) is 4.68. The van der Waals surface area contributed by atoms with Crippen LogP contribution < -0.4 is 15.4 Å². The van der Waals surface area contributed by atoms with Gasteiger partial charge in [-0.1, -0.05) is 35.9 Å². The molecular formula is C25H22ClN3O2S2. The van der Waals surface area contributed by atoms with E-state index in [1.54, 1.807) is 23.5 Å². The van der Waals surface area contributed by atoms with E-state index in [1.807, 2.05) is 56.3 Å². The van der Waals surface area contributed by atoms with Gasteiger partial charge in [-0.05, 0) is 79.2 Å². The zero-order valence-electron chi connectivity index (χ0n) is 18.1. The predicted molar refractivity (Wildman–Crippen MR) is 140 cm³/mol. The zero-order valence-corrected chi connectivity index (χ0v) is 20.5. The van der Waals surface area contributed by atoms with Gasteiger partial charge in [-0.2, -0.15) is 0 Å². The van der Waals surface area contributed by atoms with Crippen LogP contribution in [0, 0.1) is 13.8 Å². The van der Waals surface area contributed by atoms with Gasteiger partial charge in [-0.25, -0.2) is 4.98 Å². The Labute approximate surface area is 206 Å². The van der Waals surface area contributed by atoms with Gasteiger partial charge in [0.25, 0.3) is 5.91 Å².